The fourth-order valence-corrected chi connectivity index (χ4v) is 0.319. The predicted octanol–water partition coefficient (Wildman–Crippen LogP) is -0.615. The number of aliphatic imine (C=N–C) groups is 1. The molecular formula is C5H13N3O. The maximum atomic E-state index is 4.76. The smallest absolute Gasteiger partial charge is 0.0967 e. The largest absolute Gasteiger partial charge is 0.383 e. The second-order valence-electron chi connectivity index (χ2n) is 1.42. The summed E-state index contributed by atoms with van der Waals surface area (Å²) in [6.07, 6.45) is 1.60. The van der Waals surface area contributed by atoms with E-state index in [1.165, 1.54) is 0 Å². The van der Waals surface area contributed by atoms with Gasteiger partial charge in [0.15, 0.2) is 0 Å². The normalized spacial score (nSPS) is 10.4. The highest BCUT2D eigenvalue weighted by Gasteiger charge is 1.74. The molecule has 0 bridgehead atoms. The Balaban J connectivity index is 2.86. The van der Waals surface area contributed by atoms with Crippen LogP contribution in [-0.4, -0.2) is 33.6 Å². The van der Waals surface area contributed by atoms with Crippen molar-refractivity contribution in [1.29, 1.82) is 0 Å². The van der Waals surface area contributed by atoms with E-state index in [0.29, 0.717) is 13.2 Å². The third-order valence-corrected chi connectivity index (χ3v) is 0.725. The number of hydrogen-bond donors (Lipinski definition) is 2. The Kier molecular flexibility index (Phi) is 6.89. The Morgan fingerprint density at radius 2 is 2.44 bits per heavy atom. The molecule has 0 aliphatic heterocycles. The van der Waals surface area contributed by atoms with Crippen molar-refractivity contribution in [2.75, 3.05) is 27.3 Å². The maximum Gasteiger partial charge on any atom is 0.0967 e. The van der Waals surface area contributed by atoms with Gasteiger partial charge in [-0.2, -0.15) is 0 Å². The molecule has 54 valence electrons. The van der Waals surface area contributed by atoms with Crippen molar-refractivity contribution in [2.24, 2.45) is 4.99 Å². The first-order valence-corrected chi connectivity index (χ1v) is 2.81. The third kappa shape index (κ3) is 7.39. The summed E-state index contributed by atoms with van der Waals surface area (Å²) < 4.78 is 4.76. The summed E-state index contributed by atoms with van der Waals surface area (Å²) in [7, 11) is 3.43. The zero-order chi connectivity index (χ0) is 6.95. The topological polar surface area (TPSA) is 45.7 Å². The molecule has 0 fully saturated rings. The molecule has 0 heterocycles. The molecule has 0 aliphatic carbocycles. The van der Waals surface area contributed by atoms with E-state index < -0.39 is 0 Å². The second kappa shape index (κ2) is 7.39. The van der Waals surface area contributed by atoms with Crippen LogP contribution in [0.4, 0.5) is 0 Å². The number of methoxy groups -OCH3 is 1. The summed E-state index contributed by atoms with van der Waals surface area (Å²) in [6, 6.07) is 0. The zero-order valence-electron chi connectivity index (χ0n) is 5.85. The summed E-state index contributed by atoms with van der Waals surface area (Å²) in [6.45, 7) is 1.37. The highest BCUT2D eigenvalue weighted by atomic mass is 16.5. The van der Waals surface area contributed by atoms with Gasteiger partial charge in [0.25, 0.3) is 0 Å². The Labute approximate surface area is 55.3 Å². The lowest BCUT2D eigenvalue weighted by atomic mass is 10.7. The summed E-state index contributed by atoms with van der Waals surface area (Å²) >= 11 is 0. The number of ether oxygens (including phenoxy) is 1. The molecule has 4 nitrogen and oxygen atoms in total. The molecule has 0 radical (unpaired) electrons. The van der Waals surface area contributed by atoms with Gasteiger partial charge in [0.2, 0.25) is 0 Å². The first-order chi connectivity index (χ1) is 4.41. The van der Waals surface area contributed by atoms with Gasteiger partial charge in [-0.25, -0.2) is 5.43 Å². The van der Waals surface area contributed by atoms with E-state index in [4.69, 9.17) is 4.74 Å². The molecule has 0 atom stereocenters. The quantitative estimate of drug-likeness (QED) is 0.226. The average Bonchev–Trinajstić information content (AvgIpc) is 1.89. The van der Waals surface area contributed by atoms with Gasteiger partial charge in [-0.05, 0) is 0 Å². The van der Waals surface area contributed by atoms with E-state index in [9.17, 15) is 0 Å². The highest BCUT2D eigenvalue weighted by molar-refractivity contribution is 5.53. The molecule has 0 rings (SSSR count). The van der Waals surface area contributed by atoms with E-state index in [-0.39, 0.29) is 0 Å². The lowest BCUT2D eigenvalue weighted by Crippen LogP contribution is -2.25. The third-order valence-electron chi connectivity index (χ3n) is 0.725. The average molecular weight is 131 g/mol. The number of hydrogen-bond acceptors (Lipinski definition) is 3. The molecule has 0 amide bonds. The van der Waals surface area contributed by atoms with E-state index in [1.54, 1.807) is 20.5 Å². The van der Waals surface area contributed by atoms with Crippen LogP contribution in [0.1, 0.15) is 0 Å². The lowest BCUT2D eigenvalue weighted by Gasteiger charge is -1.93. The number of hydrazine groups is 1. The fraction of sp³-hybridized carbons (Fsp3) is 0.800. The van der Waals surface area contributed by atoms with Crippen LogP contribution >= 0.6 is 0 Å². The van der Waals surface area contributed by atoms with E-state index in [1.807, 2.05) is 0 Å². The van der Waals surface area contributed by atoms with Crippen LogP contribution in [0, 0.1) is 0 Å². The van der Waals surface area contributed by atoms with Gasteiger partial charge >= 0.3 is 0 Å². The number of nitrogens with zero attached hydrogens (tertiary/aromatic N) is 1. The second-order valence-corrected chi connectivity index (χ2v) is 1.42. The van der Waals surface area contributed by atoms with Crippen molar-refractivity contribution < 1.29 is 4.74 Å². The summed E-state index contributed by atoms with van der Waals surface area (Å²) in [5.74, 6) is 0. The van der Waals surface area contributed by atoms with Crippen LogP contribution < -0.4 is 10.9 Å². The molecule has 4 heteroatoms. The Morgan fingerprint density at radius 1 is 1.67 bits per heavy atom. The van der Waals surface area contributed by atoms with Crippen molar-refractivity contribution in [3.05, 3.63) is 0 Å². The van der Waals surface area contributed by atoms with E-state index in [2.05, 4.69) is 15.8 Å². The first-order valence-electron chi connectivity index (χ1n) is 2.81. The van der Waals surface area contributed by atoms with Crippen molar-refractivity contribution in [3.8, 4) is 0 Å². The fourth-order valence-electron chi connectivity index (χ4n) is 0.319. The number of nitrogens with one attached hydrogen (secondary N) is 2. The van der Waals surface area contributed by atoms with E-state index >= 15 is 0 Å². The molecular weight excluding hydrogens is 118 g/mol. The molecule has 9 heavy (non-hydrogen) atoms. The van der Waals surface area contributed by atoms with Crippen LogP contribution in [0.5, 0.6) is 0 Å². The minimum atomic E-state index is 0.669. The lowest BCUT2D eigenvalue weighted by molar-refractivity contribution is 0.208. The van der Waals surface area contributed by atoms with Crippen molar-refractivity contribution in [3.63, 3.8) is 0 Å². The Hall–Kier alpha value is -0.610. The van der Waals surface area contributed by atoms with Gasteiger partial charge in [-0.15, -0.1) is 0 Å². The minimum Gasteiger partial charge on any atom is -0.383 e. The molecule has 0 saturated heterocycles. The van der Waals surface area contributed by atoms with E-state index in [0.717, 1.165) is 0 Å². The van der Waals surface area contributed by atoms with Crippen molar-refractivity contribution in [2.45, 2.75) is 0 Å². The van der Waals surface area contributed by atoms with Gasteiger partial charge in [0, 0.05) is 14.2 Å². The van der Waals surface area contributed by atoms with Crippen molar-refractivity contribution >= 4 is 6.34 Å². The molecule has 2 N–H and O–H groups in total. The summed E-state index contributed by atoms with van der Waals surface area (Å²) in [4.78, 5) is 3.93. The monoisotopic (exact) mass is 131 g/mol. The molecule has 0 saturated carbocycles. The Morgan fingerprint density at radius 3 is 3.00 bits per heavy atom. The molecule has 0 aromatic heterocycles. The number of rotatable bonds is 5. The minimum absolute atomic E-state index is 0.669. The van der Waals surface area contributed by atoms with Crippen LogP contribution in [0.3, 0.4) is 0 Å². The SMILES string of the molecule is CNNC=NCCOC. The Bertz CT molecular complexity index is 74.6. The van der Waals surface area contributed by atoms with Gasteiger partial charge in [0.05, 0.1) is 19.5 Å². The summed E-state index contributed by atoms with van der Waals surface area (Å²) in [5, 5.41) is 0. The maximum absolute atomic E-state index is 4.76. The predicted molar refractivity (Wildman–Crippen MR) is 37.4 cm³/mol. The van der Waals surface area contributed by atoms with Gasteiger partial charge < -0.3 is 10.2 Å². The van der Waals surface area contributed by atoms with Gasteiger partial charge in [-0.3, -0.25) is 4.99 Å². The molecule has 0 spiro atoms. The molecule has 0 aromatic carbocycles. The molecule has 0 aliphatic rings. The van der Waals surface area contributed by atoms with Crippen LogP contribution in [-0.2, 0) is 4.74 Å². The standard InChI is InChI=1S/C5H13N3O/c1-6-8-5-7-3-4-9-2/h5-6H,3-4H2,1-2H3,(H,7,8). The van der Waals surface area contributed by atoms with Crippen LogP contribution in [0.25, 0.3) is 0 Å². The van der Waals surface area contributed by atoms with Gasteiger partial charge in [0.1, 0.15) is 0 Å². The zero-order valence-corrected chi connectivity index (χ0v) is 5.85. The van der Waals surface area contributed by atoms with Gasteiger partial charge in [-0.1, -0.05) is 0 Å². The molecule has 0 unspecified atom stereocenters. The van der Waals surface area contributed by atoms with Crippen molar-refractivity contribution in [1.82, 2.24) is 10.9 Å². The highest BCUT2D eigenvalue weighted by Crippen LogP contribution is 1.67. The first kappa shape index (κ1) is 8.39. The van der Waals surface area contributed by atoms with Crippen LogP contribution in [0.2, 0.25) is 0 Å². The molecule has 0 aromatic rings. The van der Waals surface area contributed by atoms with Crippen LogP contribution in [0.15, 0.2) is 4.99 Å². The summed E-state index contributed by atoms with van der Waals surface area (Å²) in [5.41, 5.74) is 5.41.